The van der Waals surface area contributed by atoms with E-state index in [1.54, 1.807) is 0 Å². The maximum atomic E-state index is 12.6. The molecule has 4 heteroatoms. The van der Waals surface area contributed by atoms with Crippen LogP contribution >= 0.6 is 0 Å². The highest BCUT2D eigenvalue weighted by molar-refractivity contribution is 6.06. The molecule has 1 saturated carbocycles. The van der Waals surface area contributed by atoms with Crippen LogP contribution in [0, 0.1) is 5.92 Å². The predicted octanol–water partition coefficient (Wildman–Crippen LogP) is 2.33. The first-order chi connectivity index (χ1) is 9.69. The normalized spacial score (nSPS) is 23.1. The number of ketones is 2. The second-order valence-corrected chi connectivity index (χ2v) is 5.05. The monoisotopic (exact) mass is 276 g/mol. The minimum atomic E-state index is -0.946. The lowest BCUT2D eigenvalue weighted by atomic mass is 9.75. The third-order valence-electron chi connectivity index (χ3n) is 3.88. The summed E-state index contributed by atoms with van der Waals surface area (Å²) >= 11 is 0. The molecule has 0 N–H and O–H groups in total. The van der Waals surface area contributed by atoms with Gasteiger partial charge in [-0.05, 0) is 18.4 Å². The van der Waals surface area contributed by atoms with E-state index in [0.29, 0.717) is 6.42 Å². The van der Waals surface area contributed by atoms with E-state index < -0.39 is 12.2 Å². The Morgan fingerprint density at radius 1 is 1.15 bits per heavy atom. The number of hydrogen-bond acceptors (Lipinski definition) is 4. The molecule has 1 aliphatic carbocycles. The number of hydrogen-bond donors (Lipinski definition) is 0. The van der Waals surface area contributed by atoms with Crippen molar-refractivity contribution in [1.82, 2.24) is 0 Å². The second kappa shape index (κ2) is 6.77. The molecule has 1 aromatic rings. The Morgan fingerprint density at radius 2 is 1.80 bits per heavy atom. The Bertz CT molecular complexity index is 465. The molecule has 1 fully saturated rings. The molecule has 0 spiro atoms. The van der Waals surface area contributed by atoms with Gasteiger partial charge in [-0.3, -0.25) is 9.59 Å². The molecule has 1 aromatic carbocycles. The minimum absolute atomic E-state index is 0.00782. The Balaban J connectivity index is 2.17. The van der Waals surface area contributed by atoms with Crippen molar-refractivity contribution in [3.05, 3.63) is 35.9 Å². The van der Waals surface area contributed by atoms with Crippen LogP contribution in [0.1, 0.15) is 30.7 Å². The molecule has 0 unspecified atom stereocenters. The zero-order valence-electron chi connectivity index (χ0n) is 11.9. The summed E-state index contributed by atoms with van der Waals surface area (Å²) in [4.78, 5) is 24.8. The Labute approximate surface area is 119 Å². The van der Waals surface area contributed by atoms with Gasteiger partial charge in [0.25, 0.3) is 0 Å². The Morgan fingerprint density at radius 3 is 2.40 bits per heavy atom. The summed E-state index contributed by atoms with van der Waals surface area (Å²) in [6.07, 6.45) is 1.31. The van der Waals surface area contributed by atoms with Crippen molar-refractivity contribution >= 4 is 11.6 Å². The molecule has 20 heavy (non-hydrogen) atoms. The van der Waals surface area contributed by atoms with E-state index in [9.17, 15) is 9.59 Å². The summed E-state index contributed by atoms with van der Waals surface area (Å²) in [6, 6.07) is 9.65. The van der Waals surface area contributed by atoms with Gasteiger partial charge in [0.15, 0.2) is 11.6 Å². The first-order valence-electron chi connectivity index (χ1n) is 6.87. The molecule has 0 bridgehead atoms. The molecule has 2 rings (SSSR count). The van der Waals surface area contributed by atoms with Crippen LogP contribution in [0.5, 0.6) is 0 Å². The summed E-state index contributed by atoms with van der Waals surface area (Å²) in [5, 5.41) is 0. The van der Waals surface area contributed by atoms with Gasteiger partial charge in [-0.15, -0.1) is 0 Å². The van der Waals surface area contributed by atoms with Crippen LogP contribution in [-0.4, -0.2) is 32.1 Å². The third kappa shape index (κ3) is 2.97. The second-order valence-electron chi connectivity index (χ2n) is 5.05. The van der Waals surface area contributed by atoms with Gasteiger partial charge in [0.05, 0.1) is 5.92 Å². The van der Waals surface area contributed by atoms with Gasteiger partial charge >= 0.3 is 0 Å². The van der Waals surface area contributed by atoms with Crippen LogP contribution in [0.2, 0.25) is 0 Å². The SMILES string of the molecule is COC(OC)C(=O)[C@H]1CCC[C@H](c2ccccc2)C1=O. The highest BCUT2D eigenvalue weighted by atomic mass is 16.7. The number of methoxy groups -OCH3 is 2. The fourth-order valence-electron chi connectivity index (χ4n) is 2.85. The van der Waals surface area contributed by atoms with E-state index >= 15 is 0 Å². The van der Waals surface area contributed by atoms with E-state index in [0.717, 1.165) is 18.4 Å². The summed E-state index contributed by atoms with van der Waals surface area (Å²) in [5.74, 6) is -1.07. The van der Waals surface area contributed by atoms with Gasteiger partial charge in [-0.25, -0.2) is 0 Å². The van der Waals surface area contributed by atoms with Gasteiger partial charge < -0.3 is 9.47 Å². The van der Waals surface area contributed by atoms with E-state index in [1.165, 1.54) is 14.2 Å². The maximum absolute atomic E-state index is 12.6. The summed E-state index contributed by atoms with van der Waals surface area (Å²) in [6.45, 7) is 0. The molecule has 0 aromatic heterocycles. The number of Topliss-reactive ketones (excluding diaryl/α,β-unsaturated/α-hetero) is 2. The van der Waals surface area contributed by atoms with Crippen molar-refractivity contribution < 1.29 is 19.1 Å². The van der Waals surface area contributed by atoms with Gasteiger partial charge in [0, 0.05) is 20.1 Å². The summed E-state index contributed by atoms with van der Waals surface area (Å²) in [5.41, 5.74) is 0.987. The third-order valence-corrected chi connectivity index (χ3v) is 3.88. The standard InChI is InChI=1S/C16H20O4/c1-19-16(20-2)15(18)13-10-6-9-12(14(13)17)11-7-4-3-5-8-11/h3-5,7-8,12-13,16H,6,9-10H2,1-2H3/t12-,13+/m1/s1. The van der Waals surface area contributed by atoms with E-state index in [1.807, 2.05) is 30.3 Å². The lowest BCUT2D eigenvalue weighted by Crippen LogP contribution is -2.39. The number of carbonyl (C=O) groups excluding carboxylic acids is 2. The average molecular weight is 276 g/mol. The molecule has 1 aliphatic rings. The van der Waals surface area contributed by atoms with Crippen molar-refractivity contribution in [3.8, 4) is 0 Å². The highest BCUT2D eigenvalue weighted by Crippen LogP contribution is 2.34. The van der Waals surface area contributed by atoms with Crippen molar-refractivity contribution in [1.29, 1.82) is 0 Å². The molecule has 108 valence electrons. The summed E-state index contributed by atoms with van der Waals surface area (Å²) in [7, 11) is 2.82. The maximum Gasteiger partial charge on any atom is 0.218 e. The highest BCUT2D eigenvalue weighted by Gasteiger charge is 2.39. The van der Waals surface area contributed by atoms with Crippen molar-refractivity contribution in [2.75, 3.05) is 14.2 Å². The molecule has 0 amide bonds. The fourth-order valence-corrected chi connectivity index (χ4v) is 2.85. The first kappa shape index (κ1) is 14.9. The fraction of sp³-hybridized carbons (Fsp3) is 0.500. The van der Waals surface area contributed by atoms with Crippen molar-refractivity contribution in [3.63, 3.8) is 0 Å². The van der Waals surface area contributed by atoms with Gasteiger partial charge in [0.2, 0.25) is 6.29 Å². The van der Waals surface area contributed by atoms with Crippen LogP contribution in [-0.2, 0) is 19.1 Å². The van der Waals surface area contributed by atoms with Crippen LogP contribution in [0.3, 0.4) is 0 Å². The van der Waals surface area contributed by atoms with E-state index in [4.69, 9.17) is 9.47 Å². The largest absolute Gasteiger partial charge is 0.349 e. The van der Waals surface area contributed by atoms with Gasteiger partial charge in [-0.2, -0.15) is 0 Å². The van der Waals surface area contributed by atoms with Crippen LogP contribution in [0.25, 0.3) is 0 Å². The molecule has 0 aliphatic heterocycles. The topological polar surface area (TPSA) is 52.6 Å². The van der Waals surface area contributed by atoms with E-state index in [2.05, 4.69) is 0 Å². The molecular formula is C16H20O4. The van der Waals surface area contributed by atoms with E-state index in [-0.39, 0.29) is 17.5 Å². The van der Waals surface area contributed by atoms with Crippen molar-refractivity contribution in [2.45, 2.75) is 31.5 Å². The number of carbonyl (C=O) groups is 2. The van der Waals surface area contributed by atoms with Crippen LogP contribution in [0.4, 0.5) is 0 Å². The zero-order chi connectivity index (χ0) is 14.5. The quantitative estimate of drug-likeness (QED) is 0.612. The molecule has 4 nitrogen and oxygen atoms in total. The molecule has 2 atom stereocenters. The Hall–Kier alpha value is -1.52. The average Bonchev–Trinajstić information content (AvgIpc) is 2.49. The smallest absolute Gasteiger partial charge is 0.218 e. The Kier molecular flexibility index (Phi) is 5.04. The minimum Gasteiger partial charge on any atom is -0.349 e. The summed E-state index contributed by atoms with van der Waals surface area (Å²) < 4.78 is 9.96. The lowest BCUT2D eigenvalue weighted by Gasteiger charge is -2.28. The predicted molar refractivity (Wildman–Crippen MR) is 74.3 cm³/mol. The van der Waals surface area contributed by atoms with Crippen LogP contribution in [0.15, 0.2) is 30.3 Å². The lowest BCUT2D eigenvalue weighted by molar-refractivity contribution is -0.164. The molecule has 0 radical (unpaired) electrons. The van der Waals surface area contributed by atoms with Gasteiger partial charge in [-0.1, -0.05) is 36.8 Å². The molecule has 0 heterocycles. The first-order valence-corrected chi connectivity index (χ1v) is 6.87. The zero-order valence-corrected chi connectivity index (χ0v) is 11.9. The van der Waals surface area contributed by atoms with Crippen LogP contribution < -0.4 is 0 Å². The molecular weight excluding hydrogens is 256 g/mol. The number of benzene rings is 1. The number of rotatable bonds is 5. The molecule has 0 saturated heterocycles. The van der Waals surface area contributed by atoms with Gasteiger partial charge in [0.1, 0.15) is 0 Å². The van der Waals surface area contributed by atoms with Crippen molar-refractivity contribution in [2.24, 2.45) is 5.92 Å². The number of ether oxygens (including phenoxy) is 2.